The molecule has 0 unspecified atom stereocenters. The summed E-state index contributed by atoms with van der Waals surface area (Å²) in [6, 6.07) is 15.5. The molecule has 0 aliphatic heterocycles. The van der Waals surface area contributed by atoms with Gasteiger partial charge in [-0.25, -0.2) is 4.79 Å². The molecule has 2 aromatic carbocycles. The molecule has 0 heterocycles. The average Bonchev–Trinajstić information content (AvgIpc) is 2.80. The summed E-state index contributed by atoms with van der Waals surface area (Å²) >= 11 is 0. The summed E-state index contributed by atoms with van der Waals surface area (Å²) in [5, 5.41) is 17.6. The number of allylic oxidation sites excluding steroid dienone is 1. The van der Waals surface area contributed by atoms with Gasteiger partial charge in [-0.1, -0.05) is 38.0 Å². The van der Waals surface area contributed by atoms with Gasteiger partial charge in [0.2, 0.25) is 0 Å². The second-order valence-electron chi connectivity index (χ2n) is 6.57. The lowest BCUT2D eigenvalue weighted by molar-refractivity contribution is -0.128. The minimum absolute atomic E-state index is 0.000448. The van der Waals surface area contributed by atoms with Gasteiger partial charge in [0.1, 0.15) is 23.5 Å². The van der Waals surface area contributed by atoms with Crippen molar-refractivity contribution in [2.75, 3.05) is 13.7 Å². The molecule has 31 heavy (non-hydrogen) atoms. The van der Waals surface area contributed by atoms with Crippen LogP contribution in [0.3, 0.4) is 0 Å². The zero-order chi connectivity index (χ0) is 22.5. The Hall–Kier alpha value is -4.03. The third kappa shape index (κ3) is 7.72. The Morgan fingerprint density at radius 1 is 1.00 bits per heavy atom. The van der Waals surface area contributed by atoms with Crippen LogP contribution in [0.4, 0.5) is 0 Å². The zero-order valence-corrected chi connectivity index (χ0v) is 17.6. The summed E-state index contributed by atoms with van der Waals surface area (Å²) in [7, 11) is 1.57. The molecular formula is C25H24N2O4. The fourth-order valence-corrected chi connectivity index (χ4v) is 2.64. The molecule has 0 saturated heterocycles. The van der Waals surface area contributed by atoms with E-state index in [0.717, 1.165) is 24.8 Å². The average molecular weight is 416 g/mol. The first kappa shape index (κ1) is 23.3. The zero-order valence-electron chi connectivity index (χ0n) is 17.6. The summed E-state index contributed by atoms with van der Waals surface area (Å²) in [5.74, 6) is 1.10. The molecule has 0 radical (unpaired) electrons. The third-order valence-corrected chi connectivity index (χ3v) is 4.26. The summed E-state index contributed by atoms with van der Waals surface area (Å²) in [4.78, 5) is 12.1. The maximum atomic E-state index is 12.1. The summed E-state index contributed by atoms with van der Waals surface area (Å²) in [5.41, 5.74) is 1.44. The number of unbranched alkanes of at least 4 members (excludes halogenated alkanes) is 2. The largest absolute Gasteiger partial charge is 0.493 e. The standard InChI is InChI=1S/C25H24N2O4/c1-3-4-5-14-30-23-12-8-20(16-24(23)29-2)9-13-25(28)31-22-10-6-19(7-11-22)15-21(17-26)18-27/h6-13,15-16H,3-5,14H2,1-2H3/b13-9+. The molecule has 6 nitrogen and oxygen atoms in total. The molecule has 0 atom stereocenters. The second kappa shape index (κ2) is 12.5. The molecule has 0 saturated carbocycles. The Morgan fingerprint density at radius 2 is 1.71 bits per heavy atom. The lowest BCUT2D eigenvalue weighted by atomic mass is 10.1. The molecule has 2 rings (SSSR count). The number of nitriles is 2. The maximum absolute atomic E-state index is 12.1. The highest BCUT2D eigenvalue weighted by atomic mass is 16.5. The summed E-state index contributed by atoms with van der Waals surface area (Å²) < 4.78 is 16.4. The molecule has 2 aromatic rings. The van der Waals surface area contributed by atoms with Gasteiger partial charge in [0, 0.05) is 6.08 Å². The Balaban J connectivity index is 1.97. The highest BCUT2D eigenvalue weighted by Crippen LogP contribution is 2.29. The normalized spacial score (nSPS) is 10.1. The van der Waals surface area contributed by atoms with Crippen molar-refractivity contribution in [3.05, 3.63) is 65.2 Å². The third-order valence-electron chi connectivity index (χ3n) is 4.26. The number of ether oxygens (including phenoxy) is 3. The fourth-order valence-electron chi connectivity index (χ4n) is 2.64. The number of carbonyl (C=O) groups excluding carboxylic acids is 1. The predicted molar refractivity (Wildman–Crippen MR) is 118 cm³/mol. The van der Waals surface area contributed by atoms with Crippen molar-refractivity contribution in [2.45, 2.75) is 26.2 Å². The van der Waals surface area contributed by atoms with Gasteiger partial charge < -0.3 is 14.2 Å². The summed E-state index contributed by atoms with van der Waals surface area (Å²) in [6.07, 6.45) is 7.65. The molecule has 0 fully saturated rings. The van der Waals surface area contributed by atoms with Crippen molar-refractivity contribution < 1.29 is 19.0 Å². The van der Waals surface area contributed by atoms with Crippen LogP contribution in [0.2, 0.25) is 0 Å². The van der Waals surface area contributed by atoms with E-state index in [1.807, 2.05) is 12.1 Å². The predicted octanol–water partition coefficient (Wildman–Crippen LogP) is 5.31. The van der Waals surface area contributed by atoms with E-state index in [0.29, 0.717) is 29.4 Å². The topological polar surface area (TPSA) is 92.3 Å². The van der Waals surface area contributed by atoms with Crippen LogP contribution in [0.25, 0.3) is 12.2 Å². The van der Waals surface area contributed by atoms with Crippen LogP contribution < -0.4 is 14.2 Å². The molecule has 0 aromatic heterocycles. The quantitative estimate of drug-likeness (QED) is 0.171. The molecule has 0 bridgehead atoms. The molecule has 6 heteroatoms. The second-order valence-corrected chi connectivity index (χ2v) is 6.57. The lowest BCUT2D eigenvalue weighted by Crippen LogP contribution is -2.03. The molecule has 0 aliphatic rings. The number of nitrogens with zero attached hydrogens (tertiary/aromatic N) is 2. The molecule has 0 amide bonds. The van der Waals surface area contributed by atoms with E-state index in [4.69, 9.17) is 24.7 Å². The van der Waals surface area contributed by atoms with Gasteiger partial charge in [-0.3, -0.25) is 0 Å². The van der Waals surface area contributed by atoms with Crippen molar-refractivity contribution in [3.63, 3.8) is 0 Å². The Kier molecular flexibility index (Phi) is 9.39. The van der Waals surface area contributed by atoms with Gasteiger partial charge >= 0.3 is 5.97 Å². The van der Waals surface area contributed by atoms with Crippen LogP contribution in [0.15, 0.2) is 54.1 Å². The van der Waals surface area contributed by atoms with Crippen molar-refractivity contribution >= 4 is 18.1 Å². The maximum Gasteiger partial charge on any atom is 0.336 e. The van der Waals surface area contributed by atoms with Gasteiger partial charge in [0.05, 0.1) is 13.7 Å². The number of carbonyl (C=O) groups is 1. The smallest absolute Gasteiger partial charge is 0.336 e. The van der Waals surface area contributed by atoms with Crippen LogP contribution >= 0.6 is 0 Å². The minimum atomic E-state index is -0.531. The monoisotopic (exact) mass is 416 g/mol. The Labute approximate surface area is 182 Å². The van der Waals surface area contributed by atoms with Crippen LogP contribution in [-0.4, -0.2) is 19.7 Å². The van der Waals surface area contributed by atoms with Crippen LogP contribution in [0, 0.1) is 22.7 Å². The van der Waals surface area contributed by atoms with E-state index in [2.05, 4.69) is 6.92 Å². The number of benzene rings is 2. The van der Waals surface area contributed by atoms with Gasteiger partial charge in [0.25, 0.3) is 0 Å². The lowest BCUT2D eigenvalue weighted by Gasteiger charge is -2.11. The number of rotatable bonds is 10. The van der Waals surface area contributed by atoms with Crippen molar-refractivity contribution in [1.82, 2.24) is 0 Å². The SMILES string of the molecule is CCCCCOc1ccc(/C=C/C(=O)Oc2ccc(C=C(C#N)C#N)cc2)cc1OC. The fraction of sp³-hybridized carbons (Fsp3) is 0.240. The highest BCUT2D eigenvalue weighted by Gasteiger charge is 2.06. The molecule has 0 N–H and O–H groups in total. The molecular weight excluding hydrogens is 392 g/mol. The van der Waals surface area contributed by atoms with Crippen molar-refractivity contribution in [1.29, 1.82) is 10.5 Å². The highest BCUT2D eigenvalue weighted by molar-refractivity contribution is 5.88. The Bertz CT molecular complexity index is 1010. The Morgan fingerprint density at radius 3 is 2.35 bits per heavy atom. The van der Waals surface area contributed by atoms with Crippen LogP contribution in [0.5, 0.6) is 17.2 Å². The van der Waals surface area contributed by atoms with E-state index in [1.54, 1.807) is 55.7 Å². The number of hydrogen-bond donors (Lipinski definition) is 0. The number of methoxy groups -OCH3 is 1. The van der Waals surface area contributed by atoms with Gasteiger partial charge in [-0.15, -0.1) is 0 Å². The summed E-state index contributed by atoms with van der Waals surface area (Å²) in [6.45, 7) is 2.77. The number of hydrogen-bond acceptors (Lipinski definition) is 6. The van der Waals surface area contributed by atoms with E-state index in [-0.39, 0.29) is 5.57 Å². The van der Waals surface area contributed by atoms with Crippen LogP contribution in [0.1, 0.15) is 37.3 Å². The van der Waals surface area contributed by atoms with E-state index >= 15 is 0 Å². The van der Waals surface area contributed by atoms with E-state index in [9.17, 15) is 4.79 Å². The van der Waals surface area contributed by atoms with Crippen molar-refractivity contribution in [3.8, 4) is 29.4 Å². The van der Waals surface area contributed by atoms with Gasteiger partial charge in [-0.2, -0.15) is 10.5 Å². The molecule has 158 valence electrons. The van der Waals surface area contributed by atoms with E-state index < -0.39 is 5.97 Å². The molecule has 0 spiro atoms. The first-order valence-corrected chi connectivity index (χ1v) is 9.92. The van der Waals surface area contributed by atoms with Crippen molar-refractivity contribution in [2.24, 2.45) is 0 Å². The first-order chi connectivity index (χ1) is 15.1. The number of esters is 1. The van der Waals surface area contributed by atoms with Gasteiger partial charge in [0.15, 0.2) is 11.5 Å². The first-order valence-electron chi connectivity index (χ1n) is 9.92. The van der Waals surface area contributed by atoms with Gasteiger partial charge in [-0.05, 0) is 54.0 Å². The minimum Gasteiger partial charge on any atom is -0.493 e. The van der Waals surface area contributed by atoms with E-state index in [1.165, 1.54) is 12.2 Å². The van der Waals surface area contributed by atoms with Crippen LogP contribution in [-0.2, 0) is 4.79 Å². The molecule has 0 aliphatic carbocycles.